The number of hydrogen-bond acceptors (Lipinski definition) is 7. The minimum Gasteiger partial charge on any atom is -0.456 e. The molecule has 2 aromatic carbocycles. The molecule has 0 unspecified atom stereocenters. The maximum absolute atomic E-state index is 13.4. The number of nitro benzene ring substituents is 1. The number of furan rings is 1. The van der Waals surface area contributed by atoms with E-state index in [1.165, 1.54) is 21.7 Å². The molecule has 36 heavy (non-hydrogen) atoms. The van der Waals surface area contributed by atoms with Gasteiger partial charge in [0, 0.05) is 19.2 Å². The fraction of sp³-hybridized carbons (Fsp3) is 0.0800. The molecule has 0 N–H and O–H groups in total. The van der Waals surface area contributed by atoms with Gasteiger partial charge in [0.2, 0.25) is 0 Å². The van der Waals surface area contributed by atoms with Crippen LogP contribution in [0.3, 0.4) is 0 Å². The summed E-state index contributed by atoms with van der Waals surface area (Å²) < 4.78 is 9.19. The molecule has 1 aliphatic heterocycles. The molecule has 1 amide bonds. The number of para-hydroxylation sites is 2. The van der Waals surface area contributed by atoms with E-state index in [1.54, 1.807) is 61.1 Å². The van der Waals surface area contributed by atoms with Crippen molar-refractivity contribution in [2.45, 2.75) is 6.92 Å². The lowest BCUT2D eigenvalue weighted by Gasteiger charge is -2.12. The van der Waals surface area contributed by atoms with Crippen molar-refractivity contribution in [2.24, 2.45) is 7.05 Å². The Kier molecular flexibility index (Phi) is 5.94. The molecular formula is C25H18N4O5S2. The van der Waals surface area contributed by atoms with Crippen LogP contribution in [0.1, 0.15) is 11.5 Å². The normalized spacial score (nSPS) is 14.7. The van der Waals surface area contributed by atoms with E-state index in [1.807, 2.05) is 18.2 Å². The van der Waals surface area contributed by atoms with Gasteiger partial charge in [0.05, 0.1) is 26.8 Å². The number of nitrogens with zero attached hydrogens (tertiary/aromatic N) is 4. The minimum atomic E-state index is -0.479. The van der Waals surface area contributed by atoms with Crippen molar-refractivity contribution in [3.05, 3.63) is 104 Å². The van der Waals surface area contributed by atoms with E-state index in [0.29, 0.717) is 28.5 Å². The largest absolute Gasteiger partial charge is 0.456 e. The first kappa shape index (κ1) is 23.5. The van der Waals surface area contributed by atoms with E-state index >= 15 is 0 Å². The van der Waals surface area contributed by atoms with Gasteiger partial charge in [-0.15, -0.1) is 0 Å². The number of carbonyl (C=O) groups excluding carboxylic acids is 1. The summed E-state index contributed by atoms with van der Waals surface area (Å²) >= 11 is 6.53. The second-order valence-corrected chi connectivity index (χ2v) is 9.58. The van der Waals surface area contributed by atoms with E-state index in [-0.39, 0.29) is 26.2 Å². The molecule has 4 aromatic rings. The summed E-state index contributed by atoms with van der Waals surface area (Å²) in [6, 6.07) is 18.6. The van der Waals surface area contributed by atoms with Crippen LogP contribution in [0.5, 0.6) is 0 Å². The first-order valence-electron chi connectivity index (χ1n) is 10.7. The summed E-state index contributed by atoms with van der Waals surface area (Å²) in [7, 11) is 1.74. The van der Waals surface area contributed by atoms with Crippen molar-refractivity contribution in [3.8, 4) is 17.0 Å². The lowest BCUT2D eigenvalue weighted by molar-refractivity contribution is -0.384. The van der Waals surface area contributed by atoms with Gasteiger partial charge >= 0.3 is 0 Å². The lowest BCUT2D eigenvalue weighted by atomic mass is 10.1. The molecule has 1 saturated heterocycles. The van der Waals surface area contributed by atoms with Crippen LogP contribution in [-0.2, 0) is 11.8 Å². The molecule has 11 heteroatoms. The number of nitro groups is 1. The molecular weight excluding hydrogens is 500 g/mol. The highest BCUT2D eigenvalue weighted by molar-refractivity contribution is 8.27. The van der Waals surface area contributed by atoms with Gasteiger partial charge < -0.3 is 4.42 Å². The van der Waals surface area contributed by atoms with Gasteiger partial charge in [0.25, 0.3) is 17.2 Å². The zero-order chi connectivity index (χ0) is 25.6. The van der Waals surface area contributed by atoms with E-state index < -0.39 is 10.8 Å². The third-order valence-electron chi connectivity index (χ3n) is 5.81. The maximum Gasteiger partial charge on any atom is 0.296 e. The summed E-state index contributed by atoms with van der Waals surface area (Å²) in [4.78, 5) is 39.1. The first-order chi connectivity index (χ1) is 17.3. The summed E-state index contributed by atoms with van der Waals surface area (Å²) in [5.74, 6) is 0.184. The Balaban J connectivity index is 1.50. The van der Waals surface area contributed by atoms with E-state index in [4.69, 9.17) is 16.6 Å². The van der Waals surface area contributed by atoms with Crippen LogP contribution in [0.25, 0.3) is 23.1 Å². The second kappa shape index (κ2) is 9.10. The fourth-order valence-electron chi connectivity index (χ4n) is 4.02. The molecule has 3 heterocycles. The number of aromatic nitrogens is 2. The van der Waals surface area contributed by atoms with Crippen molar-refractivity contribution in [2.75, 3.05) is 4.90 Å². The Morgan fingerprint density at radius 1 is 1.03 bits per heavy atom. The zero-order valence-corrected chi connectivity index (χ0v) is 20.7. The molecule has 0 saturated carbocycles. The Bertz CT molecular complexity index is 1630. The molecule has 9 nitrogen and oxygen atoms in total. The predicted octanol–water partition coefficient (Wildman–Crippen LogP) is 5.06. The first-order valence-corrected chi connectivity index (χ1v) is 12.0. The molecule has 0 spiro atoms. The van der Waals surface area contributed by atoms with Crippen LogP contribution in [0.15, 0.2) is 80.8 Å². The van der Waals surface area contributed by atoms with Crippen molar-refractivity contribution in [1.82, 2.24) is 9.36 Å². The SMILES string of the molecule is Cc1c(N2C(=O)/C(=C\c3ccc(-c4ccccc4[N+](=O)[O-])o3)SC2=S)c(=O)n(-c2ccccc2)n1C. The van der Waals surface area contributed by atoms with E-state index in [9.17, 15) is 19.7 Å². The van der Waals surface area contributed by atoms with Gasteiger partial charge in [0.1, 0.15) is 17.2 Å². The molecule has 2 aromatic heterocycles. The molecule has 1 fully saturated rings. The monoisotopic (exact) mass is 518 g/mol. The second-order valence-electron chi connectivity index (χ2n) is 7.90. The molecule has 0 bridgehead atoms. The van der Waals surface area contributed by atoms with Gasteiger partial charge in [-0.1, -0.05) is 54.3 Å². The van der Waals surface area contributed by atoms with E-state index in [0.717, 1.165) is 11.8 Å². The molecule has 1 aliphatic rings. The molecule has 180 valence electrons. The predicted molar refractivity (Wildman–Crippen MR) is 142 cm³/mol. The zero-order valence-electron chi connectivity index (χ0n) is 19.1. The van der Waals surface area contributed by atoms with Crippen LogP contribution < -0.4 is 10.5 Å². The summed E-state index contributed by atoms with van der Waals surface area (Å²) in [6.07, 6.45) is 1.52. The summed E-state index contributed by atoms with van der Waals surface area (Å²) in [5, 5.41) is 11.4. The van der Waals surface area contributed by atoms with Crippen LogP contribution in [-0.4, -0.2) is 24.5 Å². The average molecular weight is 519 g/mol. The van der Waals surface area contributed by atoms with Gasteiger partial charge in [-0.3, -0.25) is 29.3 Å². The number of amides is 1. The van der Waals surface area contributed by atoms with Gasteiger partial charge in [-0.25, -0.2) is 4.68 Å². The van der Waals surface area contributed by atoms with E-state index in [2.05, 4.69) is 0 Å². The Morgan fingerprint density at radius 3 is 2.44 bits per heavy atom. The third kappa shape index (κ3) is 3.88. The number of hydrogen-bond donors (Lipinski definition) is 0. The van der Waals surface area contributed by atoms with Crippen molar-refractivity contribution < 1.29 is 14.1 Å². The lowest BCUT2D eigenvalue weighted by Crippen LogP contribution is -2.33. The minimum absolute atomic E-state index is 0.0843. The van der Waals surface area contributed by atoms with Crippen LogP contribution >= 0.6 is 24.0 Å². The quantitative estimate of drug-likeness (QED) is 0.157. The summed E-state index contributed by atoms with van der Waals surface area (Å²) in [5.41, 5.74) is 1.31. The molecule has 0 atom stereocenters. The number of anilines is 1. The number of thiocarbonyl (C=S) groups is 1. The highest BCUT2D eigenvalue weighted by Gasteiger charge is 2.38. The number of benzene rings is 2. The Morgan fingerprint density at radius 2 is 1.72 bits per heavy atom. The van der Waals surface area contributed by atoms with Gasteiger partial charge in [0.15, 0.2) is 4.32 Å². The highest BCUT2D eigenvalue weighted by Crippen LogP contribution is 2.37. The van der Waals surface area contributed by atoms with Crippen molar-refractivity contribution in [3.63, 3.8) is 0 Å². The smallest absolute Gasteiger partial charge is 0.296 e. The molecule has 0 aliphatic carbocycles. The van der Waals surface area contributed by atoms with Crippen LogP contribution in [0.2, 0.25) is 0 Å². The molecule has 0 radical (unpaired) electrons. The number of carbonyl (C=O) groups is 1. The summed E-state index contributed by atoms with van der Waals surface area (Å²) in [6.45, 7) is 1.75. The van der Waals surface area contributed by atoms with Gasteiger partial charge in [-0.2, -0.15) is 0 Å². The average Bonchev–Trinajstić information content (AvgIpc) is 3.50. The van der Waals surface area contributed by atoms with Crippen LogP contribution in [0.4, 0.5) is 11.4 Å². The molecule has 5 rings (SSSR count). The number of thioether (sulfide) groups is 1. The van der Waals surface area contributed by atoms with Gasteiger partial charge in [-0.05, 0) is 37.3 Å². The van der Waals surface area contributed by atoms with Crippen molar-refractivity contribution in [1.29, 1.82) is 0 Å². The Hall–Kier alpha value is -4.22. The van der Waals surface area contributed by atoms with Crippen molar-refractivity contribution >= 4 is 51.7 Å². The standard InChI is InChI=1S/C25H18N4O5S2/c1-15-22(24(31)28(26(15)2)16-8-4-3-5-9-16)27-23(30)21(36-25(27)35)14-17-12-13-20(34-17)18-10-6-7-11-19(18)29(32)33/h3-14H,1-2H3/b21-14+. The number of rotatable bonds is 5. The Labute approximate surface area is 214 Å². The fourth-order valence-corrected chi connectivity index (χ4v) is 5.27. The topological polar surface area (TPSA) is 104 Å². The highest BCUT2D eigenvalue weighted by atomic mass is 32.2. The third-order valence-corrected chi connectivity index (χ3v) is 7.11. The van der Waals surface area contributed by atoms with Crippen LogP contribution in [0, 0.1) is 17.0 Å². The maximum atomic E-state index is 13.4.